The van der Waals surface area contributed by atoms with Crippen molar-refractivity contribution in [3.63, 3.8) is 0 Å². The molecule has 1 saturated carbocycles. The fraction of sp³-hybridized carbons (Fsp3) is 0.464. The summed E-state index contributed by atoms with van der Waals surface area (Å²) < 4.78 is 5.64. The van der Waals surface area contributed by atoms with E-state index in [1.807, 2.05) is 38.1 Å². The van der Waals surface area contributed by atoms with Crippen LogP contribution in [0.1, 0.15) is 56.6 Å². The van der Waals surface area contributed by atoms with E-state index >= 15 is 0 Å². The SMILES string of the molecule is CC(C)CN(CC(=O)O)C(=O)C1(CNC(=O)OCC2c3ccccc3-c3ccccc32)CCCC1. The summed E-state index contributed by atoms with van der Waals surface area (Å²) in [6, 6.07) is 16.3. The summed E-state index contributed by atoms with van der Waals surface area (Å²) in [7, 11) is 0. The summed E-state index contributed by atoms with van der Waals surface area (Å²) in [6.07, 6.45) is 2.45. The van der Waals surface area contributed by atoms with Crippen LogP contribution >= 0.6 is 0 Å². The molecule has 0 bridgehead atoms. The van der Waals surface area contributed by atoms with Crippen molar-refractivity contribution in [3.05, 3.63) is 59.7 Å². The molecular formula is C28H34N2O5. The van der Waals surface area contributed by atoms with E-state index in [0.29, 0.717) is 19.4 Å². The number of nitrogens with one attached hydrogen (secondary N) is 1. The molecule has 35 heavy (non-hydrogen) atoms. The number of rotatable bonds is 9. The topological polar surface area (TPSA) is 95.9 Å². The number of hydrogen-bond donors (Lipinski definition) is 2. The molecule has 0 aromatic heterocycles. The van der Waals surface area contributed by atoms with Crippen LogP contribution in [0, 0.1) is 11.3 Å². The third kappa shape index (κ3) is 5.34. The maximum Gasteiger partial charge on any atom is 0.407 e. The summed E-state index contributed by atoms with van der Waals surface area (Å²) in [5.74, 6) is -1.11. The Morgan fingerprint density at radius 1 is 1.03 bits per heavy atom. The highest BCUT2D eigenvalue weighted by atomic mass is 16.5. The largest absolute Gasteiger partial charge is 0.480 e. The molecule has 7 heteroatoms. The number of ether oxygens (including phenoxy) is 1. The van der Waals surface area contributed by atoms with E-state index in [0.717, 1.165) is 35.1 Å². The Morgan fingerprint density at radius 3 is 2.14 bits per heavy atom. The van der Waals surface area contributed by atoms with Gasteiger partial charge in [0.1, 0.15) is 13.2 Å². The number of carbonyl (C=O) groups is 3. The Labute approximate surface area is 206 Å². The van der Waals surface area contributed by atoms with E-state index in [1.165, 1.54) is 4.90 Å². The monoisotopic (exact) mass is 478 g/mol. The van der Waals surface area contributed by atoms with Crippen LogP contribution in [-0.2, 0) is 14.3 Å². The third-order valence-electron chi connectivity index (χ3n) is 7.13. The van der Waals surface area contributed by atoms with Crippen LogP contribution < -0.4 is 5.32 Å². The minimum Gasteiger partial charge on any atom is -0.480 e. The number of carboxylic acids is 1. The van der Waals surface area contributed by atoms with Crippen LogP contribution in [0.5, 0.6) is 0 Å². The fourth-order valence-electron chi connectivity index (χ4n) is 5.57. The van der Waals surface area contributed by atoms with Crippen LogP contribution in [0.25, 0.3) is 11.1 Å². The molecular weight excluding hydrogens is 444 g/mol. The van der Waals surface area contributed by atoms with E-state index < -0.39 is 17.5 Å². The van der Waals surface area contributed by atoms with Crippen LogP contribution in [0.15, 0.2) is 48.5 Å². The van der Waals surface area contributed by atoms with E-state index in [4.69, 9.17) is 4.74 Å². The van der Waals surface area contributed by atoms with Crippen molar-refractivity contribution < 1.29 is 24.2 Å². The number of alkyl carbamates (subject to hydrolysis) is 1. The maximum absolute atomic E-state index is 13.5. The number of carbonyl (C=O) groups excluding carboxylic acids is 2. The zero-order valence-corrected chi connectivity index (χ0v) is 20.5. The Hall–Kier alpha value is -3.35. The maximum atomic E-state index is 13.5. The van der Waals surface area contributed by atoms with Crippen LogP contribution in [0.4, 0.5) is 4.79 Å². The highest BCUT2D eigenvalue weighted by Gasteiger charge is 2.44. The molecule has 0 unspecified atom stereocenters. The second kappa shape index (κ2) is 10.5. The van der Waals surface area contributed by atoms with E-state index in [9.17, 15) is 19.5 Å². The molecule has 4 rings (SSSR count). The summed E-state index contributed by atoms with van der Waals surface area (Å²) in [6.45, 7) is 4.31. The van der Waals surface area contributed by atoms with Gasteiger partial charge < -0.3 is 20.1 Å². The lowest BCUT2D eigenvalue weighted by molar-refractivity contribution is -0.150. The van der Waals surface area contributed by atoms with Crippen molar-refractivity contribution in [3.8, 4) is 11.1 Å². The average Bonchev–Trinajstić information content (AvgIpc) is 3.44. The van der Waals surface area contributed by atoms with Gasteiger partial charge in [0.15, 0.2) is 0 Å². The number of fused-ring (bicyclic) bond motifs is 3. The number of amides is 2. The molecule has 186 valence electrons. The first-order valence-corrected chi connectivity index (χ1v) is 12.4. The summed E-state index contributed by atoms with van der Waals surface area (Å²) in [4.78, 5) is 39.0. The molecule has 0 radical (unpaired) electrons. The van der Waals surface area contributed by atoms with Gasteiger partial charge in [-0.2, -0.15) is 0 Å². The Kier molecular flexibility index (Phi) is 7.43. The van der Waals surface area contributed by atoms with E-state index in [1.54, 1.807) is 0 Å². The van der Waals surface area contributed by atoms with Crippen LogP contribution in [0.2, 0.25) is 0 Å². The molecule has 2 aromatic carbocycles. The molecule has 2 aliphatic rings. The predicted molar refractivity (Wildman–Crippen MR) is 133 cm³/mol. The van der Waals surface area contributed by atoms with Gasteiger partial charge in [-0.1, -0.05) is 75.2 Å². The fourth-order valence-corrected chi connectivity index (χ4v) is 5.57. The Bertz CT molecular complexity index is 1040. The molecule has 0 saturated heterocycles. The predicted octanol–water partition coefficient (Wildman–Crippen LogP) is 4.65. The number of carboxylic acid groups (broad SMARTS) is 1. The van der Waals surface area contributed by atoms with Crippen molar-refractivity contribution in [2.24, 2.45) is 11.3 Å². The quantitative estimate of drug-likeness (QED) is 0.547. The lowest BCUT2D eigenvalue weighted by Crippen LogP contribution is -2.51. The van der Waals surface area contributed by atoms with E-state index in [-0.39, 0.29) is 37.4 Å². The zero-order chi connectivity index (χ0) is 25.0. The second-order valence-corrected chi connectivity index (χ2v) is 10.1. The van der Waals surface area contributed by atoms with Gasteiger partial charge in [-0.05, 0) is 41.0 Å². The van der Waals surface area contributed by atoms with Gasteiger partial charge in [0, 0.05) is 19.0 Å². The number of aliphatic carboxylic acids is 1. The van der Waals surface area contributed by atoms with Gasteiger partial charge in [0.05, 0.1) is 5.41 Å². The van der Waals surface area contributed by atoms with Gasteiger partial charge in [0.2, 0.25) is 5.91 Å². The van der Waals surface area contributed by atoms with Crippen LogP contribution in [0.3, 0.4) is 0 Å². The average molecular weight is 479 g/mol. The highest BCUT2D eigenvalue weighted by Crippen LogP contribution is 2.44. The smallest absolute Gasteiger partial charge is 0.407 e. The lowest BCUT2D eigenvalue weighted by Gasteiger charge is -2.34. The van der Waals surface area contributed by atoms with Gasteiger partial charge >= 0.3 is 12.1 Å². The van der Waals surface area contributed by atoms with Gasteiger partial charge in [-0.3, -0.25) is 9.59 Å². The van der Waals surface area contributed by atoms with Crippen molar-refractivity contribution in [1.29, 1.82) is 0 Å². The van der Waals surface area contributed by atoms with Gasteiger partial charge in [0.25, 0.3) is 0 Å². The van der Waals surface area contributed by atoms with Gasteiger partial charge in [-0.15, -0.1) is 0 Å². The zero-order valence-electron chi connectivity index (χ0n) is 20.5. The third-order valence-corrected chi connectivity index (χ3v) is 7.13. The summed E-state index contributed by atoms with van der Waals surface area (Å²) in [5, 5.41) is 12.1. The highest BCUT2D eigenvalue weighted by molar-refractivity contribution is 5.87. The molecule has 0 aliphatic heterocycles. The molecule has 7 nitrogen and oxygen atoms in total. The normalized spacial score (nSPS) is 16.0. The lowest BCUT2D eigenvalue weighted by atomic mass is 9.84. The minimum absolute atomic E-state index is 0.0349. The Morgan fingerprint density at radius 2 is 1.60 bits per heavy atom. The molecule has 2 N–H and O–H groups in total. The molecule has 2 aromatic rings. The first-order valence-electron chi connectivity index (χ1n) is 12.4. The molecule has 0 heterocycles. The number of hydrogen-bond acceptors (Lipinski definition) is 4. The molecule has 0 atom stereocenters. The molecule has 1 fully saturated rings. The van der Waals surface area contributed by atoms with Crippen molar-refractivity contribution >= 4 is 18.0 Å². The minimum atomic E-state index is -1.03. The van der Waals surface area contributed by atoms with Crippen LogP contribution in [-0.4, -0.2) is 54.2 Å². The second-order valence-electron chi connectivity index (χ2n) is 10.1. The first kappa shape index (κ1) is 24.8. The molecule has 2 aliphatic carbocycles. The van der Waals surface area contributed by atoms with Crippen molar-refractivity contribution in [2.75, 3.05) is 26.2 Å². The van der Waals surface area contributed by atoms with Crippen molar-refractivity contribution in [2.45, 2.75) is 45.4 Å². The molecule has 0 spiro atoms. The summed E-state index contributed by atoms with van der Waals surface area (Å²) >= 11 is 0. The van der Waals surface area contributed by atoms with Gasteiger partial charge in [-0.25, -0.2) is 4.79 Å². The number of nitrogens with zero attached hydrogens (tertiary/aromatic N) is 1. The van der Waals surface area contributed by atoms with Crippen molar-refractivity contribution in [1.82, 2.24) is 10.2 Å². The standard InChI is InChI=1S/C28H34N2O5/c1-19(2)15-30(16-25(31)32)26(33)28(13-7-8-14-28)18-29-27(34)35-17-24-22-11-5-3-9-20(22)21-10-4-6-12-23(21)24/h3-6,9-12,19,24H,7-8,13-18H2,1-2H3,(H,29,34)(H,31,32). The first-order chi connectivity index (χ1) is 16.8. The summed E-state index contributed by atoms with van der Waals surface area (Å²) in [5.41, 5.74) is 3.83. The van der Waals surface area contributed by atoms with E-state index in [2.05, 4.69) is 29.6 Å². The number of benzene rings is 2. The molecule has 2 amide bonds. The Balaban J connectivity index is 1.41.